The van der Waals surface area contributed by atoms with Crippen LogP contribution in [0.1, 0.15) is 18.5 Å². The number of morpholine rings is 1. The predicted molar refractivity (Wildman–Crippen MR) is 71.8 cm³/mol. The Bertz CT molecular complexity index is 345. The molecule has 100 valence electrons. The van der Waals surface area contributed by atoms with Gasteiger partial charge in [0.2, 0.25) is 0 Å². The van der Waals surface area contributed by atoms with Crippen LogP contribution in [0, 0.1) is 0 Å². The van der Waals surface area contributed by atoms with Crippen molar-refractivity contribution in [2.24, 2.45) is 5.73 Å². The zero-order valence-electron chi connectivity index (χ0n) is 11.0. The first-order valence-electron chi connectivity index (χ1n) is 6.54. The first-order chi connectivity index (χ1) is 8.75. The molecule has 0 saturated carbocycles. The Balaban J connectivity index is 1.72. The summed E-state index contributed by atoms with van der Waals surface area (Å²) in [7, 11) is 0. The predicted octanol–water partition coefficient (Wildman–Crippen LogP) is 1.42. The zero-order chi connectivity index (χ0) is 12.8. The quantitative estimate of drug-likeness (QED) is 0.858. The maximum atomic E-state index is 5.80. The van der Waals surface area contributed by atoms with E-state index in [1.54, 1.807) is 0 Å². The number of nitrogens with zero attached hydrogens (tertiary/aromatic N) is 1. The van der Waals surface area contributed by atoms with E-state index >= 15 is 0 Å². The number of rotatable bonds is 5. The first-order valence-corrected chi connectivity index (χ1v) is 6.54. The lowest BCUT2D eigenvalue weighted by Gasteiger charge is -2.26. The summed E-state index contributed by atoms with van der Waals surface area (Å²) >= 11 is 0. The van der Waals surface area contributed by atoms with Crippen LogP contribution in [0.5, 0.6) is 5.75 Å². The molecule has 1 saturated heterocycles. The fourth-order valence-electron chi connectivity index (χ4n) is 1.98. The van der Waals surface area contributed by atoms with Crippen LogP contribution in [-0.2, 0) is 4.74 Å². The van der Waals surface area contributed by atoms with Crippen LogP contribution in [0.3, 0.4) is 0 Å². The molecule has 1 aromatic rings. The van der Waals surface area contributed by atoms with Crippen molar-refractivity contribution in [2.45, 2.75) is 13.0 Å². The normalized spacial score (nSPS) is 18.6. The van der Waals surface area contributed by atoms with Crippen LogP contribution in [0.15, 0.2) is 24.3 Å². The summed E-state index contributed by atoms with van der Waals surface area (Å²) in [5.74, 6) is 0.910. The number of hydrogen-bond donors (Lipinski definition) is 1. The van der Waals surface area contributed by atoms with Crippen LogP contribution in [0.2, 0.25) is 0 Å². The van der Waals surface area contributed by atoms with Crippen LogP contribution in [-0.4, -0.2) is 44.4 Å². The van der Waals surface area contributed by atoms with Gasteiger partial charge in [0.25, 0.3) is 0 Å². The van der Waals surface area contributed by atoms with E-state index in [1.165, 1.54) is 0 Å². The maximum Gasteiger partial charge on any atom is 0.119 e. The van der Waals surface area contributed by atoms with Gasteiger partial charge in [0.1, 0.15) is 12.4 Å². The minimum atomic E-state index is 0.0763. The van der Waals surface area contributed by atoms with Gasteiger partial charge in [-0.2, -0.15) is 0 Å². The van der Waals surface area contributed by atoms with E-state index in [2.05, 4.69) is 4.90 Å². The van der Waals surface area contributed by atoms with Crippen LogP contribution in [0.4, 0.5) is 0 Å². The Morgan fingerprint density at radius 2 is 1.94 bits per heavy atom. The molecule has 2 rings (SSSR count). The minimum Gasteiger partial charge on any atom is -0.492 e. The van der Waals surface area contributed by atoms with E-state index in [0.29, 0.717) is 0 Å². The highest BCUT2D eigenvalue weighted by atomic mass is 16.5. The molecule has 0 amide bonds. The third kappa shape index (κ3) is 3.98. The second-order valence-corrected chi connectivity index (χ2v) is 4.66. The van der Waals surface area contributed by atoms with Crippen molar-refractivity contribution >= 4 is 0 Å². The summed E-state index contributed by atoms with van der Waals surface area (Å²) in [6.07, 6.45) is 0. The Labute approximate surface area is 109 Å². The largest absolute Gasteiger partial charge is 0.492 e. The number of benzene rings is 1. The highest BCUT2D eigenvalue weighted by Gasteiger charge is 2.09. The van der Waals surface area contributed by atoms with Crippen molar-refractivity contribution in [3.8, 4) is 5.75 Å². The average Bonchev–Trinajstić information content (AvgIpc) is 2.40. The first kappa shape index (κ1) is 13.3. The maximum absolute atomic E-state index is 5.80. The minimum absolute atomic E-state index is 0.0763. The highest BCUT2D eigenvalue weighted by Crippen LogP contribution is 2.15. The molecule has 0 aromatic heterocycles. The van der Waals surface area contributed by atoms with Gasteiger partial charge < -0.3 is 15.2 Å². The Hall–Kier alpha value is -1.10. The third-order valence-corrected chi connectivity index (χ3v) is 3.19. The van der Waals surface area contributed by atoms with Crippen molar-refractivity contribution in [1.82, 2.24) is 4.90 Å². The van der Waals surface area contributed by atoms with Gasteiger partial charge in [-0.25, -0.2) is 0 Å². The highest BCUT2D eigenvalue weighted by molar-refractivity contribution is 5.28. The van der Waals surface area contributed by atoms with Crippen LogP contribution >= 0.6 is 0 Å². The van der Waals surface area contributed by atoms with E-state index in [1.807, 2.05) is 31.2 Å². The summed E-state index contributed by atoms with van der Waals surface area (Å²) in [6, 6.07) is 8.09. The fourth-order valence-corrected chi connectivity index (χ4v) is 1.98. The number of hydrogen-bond acceptors (Lipinski definition) is 4. The van der Waals surface area contributed by atoms with Gasteiger partial charge in [-0.15, -0.1) is 0 Å². The zero-order valence-corrected chi connectivity index (χ0v) is 11.0. The molecule has 4 nitrogen and oxygen atoms in total. The van der Waals surface area contributed by atoms with Gasteiger partial charge in [0.05, 0.1) is 13.2 Å². The van der Waals surface area contributed by atoms with Gasteiger partial charge in [0.15, 0.2) is 0 Å². The Kier molecular flexibility index (Phi) is 4.99. The molecule has 4 heteroatoms. The van der Waals surface area contributed by atoms with Crippen molar-refractivity contribution in [1.29, 1.82) is 0 Å². The van der Waals surface area contributed by atoms with Gasteiger partial charge in [-0.1, -0.05) is 12.1 Å². The fraction of sp³-hybridized carbons (Fsp3) is 0.571. The van der Waals surface area contributed by atoms with Crippen LogP contribution in [0.25, 0.3) is 0 Å². The SMILES string of the molecule is CC(N)c1ccc(OCCN2CCOCC2)cc1. The Morgan fingerprint density at radius 3 is 2.56 bits per heavy atom. The molecule has 1 fully saturated rings. The summed E-state index contributed by atoms with van der Waals surface area (Å²) in [5, 5.41) is 0. The lowest BCUT2D eigenvalue weighted by Crippen LogP contribution is -2.38. The Morgan fingerprint density at radius 1 is 1.28 bits per heavy atom. The summed E-state index contributed by atoms with van der Waals surface area (Å²) in [4.78, 5) is 2.36. The van der Waals surface area contributed by atoms with E-state index < -0.39 is 0 Å². The smallest absolute Gasteiger partial charge is 0.119 e. The molecule has 1 atom stereocenters. The van der Waals surface area contributed by atoms with E-state index in [4.69, 9.17) is 15.2 Å². The van der Waals surface area contributed by atoms with Crippen molar-refractivity contribution in [3.63, 3.8) is 0 Å². The molecular weight excluding hydrogens is 228 g/mol. The molecule has 2 N–H and O–H groups in total. The molecule has 1 heterocycles. The molecule has 0 radical (unpaired) electrons. The number of nitrogens with two attached hydrogens (primary N) is 1. The summed E-state index contributed by atoms with van der Waals surface area (Å²) in [6.45, 7) is 7.34. The molecule has 1 aromatic carbocycles. The number of ether oxygens (including phenoxy) is 2. The molecule has 18 heavy (non-hydrogen) atoms. The van der Waals surface area contributed by atoms with Gasteiger partial charge in [-0.3, -0.25) is 4.90 Å². The molecule has 1 unspecified atom stereocenters. The van der Waals surface area contributed by atoms with E-state index in [9.17, 15) is 0 Å². The standard InChI is InChI=1S/C14H22N2O2/c1-12(15)13-2-4-14(5-3-13)18-11-8-16-6-9-17-10-7-16/h2-5,12H,6-11,15H2,1H3. The molecule has 0 bridgehead atoms. The van der Waals surface area contributed by atoms with E-state index in [0.717, 1.165) is 50.8 Å². The van der Waals surface area contributed by atoms with E-state index in [-0.39, 0.29) is 6.04 Å². The second kappa shape index (κ2) is 6.73. The lowest BCUT2D eigenvalue weighted by atomic mass is 10.1. The topological polar surface area (TPSA) is 47.7 Å². The van der Waals surface area contributed by atoms with Gasteiger partial charge >= 0.3 is 0 Å². The van der Waals surface area contributed by atoms with Crippen LogP contribution < -0.4 is 10.5 Å². The van der Waals surface area contributed by atoms with Gasteiger partial charge in [0, 0.05) is 25.7 Å². The molecule has 0 aliphatic carbocycles. The summed E-state index contributed by atoms with van der Waals surface area (Å²) < 4.78 is 11.0. The van der Waals surface area contributed by atoms with Crippen molar-refractivity contribution in [3.05, 3.63) is 29.8 Å². The second-order valence-electron chi connectivity index (χ2n) is 4.66. The molecule has 0 spiro atoms. The molecular formula is C14H22N2O2. The molecule has 1 aliphatic rings. The molecule has 1 aliphatic heterocycles. The lowest BCUT2D eigenvalue weighted by molar-refractivity contribution is 0.0322. The van der Waals surface area contributed by atoms with Crippen molar-refractivity contribution < 1.29 is 9.47 Å². The third-order valence-electron chi connectivity index (χ3n) is 3.19. The summed E-state index contributed by atoms with van der Waals surface area (Å²) in [5.41, 5.74) is 6.94. The average molecular weight is 250 g/mol. The van der Waals surface area contributed by atoms with Crippen molar-refractivity contribution in [2.75, 3.05) is 39.5 Å². The monoisotopic (exact) mass is 250 g/mol. The van der Waals surface area contributed by atoms with Gasteiger partial charge in [-0.05, 0) is 24.6 Å².